The molecule has 1 nitrogen and oxygen atoms in total. The average Bonchev–Trinajstić information content (AvgIpc) is 2.38. The first kappa shape index (κ1) is 13.3. The third kappa shape index (κ3) is 3.65. The van der Waals surface area contributed by atoms with Crippen molar-refractivity contribution >= 4 is 12.2 Å². The van der Waals surface area contributed by atoms with Crippen LogP contribution in [0.2, 0.25) is 0 Å². The van der Waals surface area contributed by atoms with Gasteiger partial charge in [-0.25, -0.2) is 0 Å². The number of aromatic nitrogens is 1. The van der Waals surface area contributed by atoms with Crippen molar-refractivity contribution in [3.05, 3.63) is 76.6 Å². The zero-order valence-corrected chi connectivity index (χ0v) is 11.7. The van der Waals surface area contributed by atoms with Gasteiger partial charge in [0.1, 0.15) is 0 Å². The van der Waals surface area contributed by atoms with Crippen LogP contribution in [0.5, 0.6) is 0 Å². The summed E-state index contributed by atoms with van der Waals surface area (Å²) in [7, 11) is 0. The van der Waals surface area contributed by atoms with Crippen LogP contribution in [0, 0.1) is 20.8 Å². The number of nitrogens with zero attached hydrogens (tertiary/aromatic N) is 1. The highest BCUT2D eigenvalue weighted by molar-refractivity contribution is 5.61. The lowest BCUT2D eigenvalue weighted by molar-refractivity contribution is 1.30. The van der Waals surface area contributed by atoms with Gasteiger partial charge in [0.25, 0.3) is 0 Å². The van der Waals surface area contributed by atoms with Crippen LogP contribution in [0.3, 0.4) is 0 Å². The van der Waals surface area contributed by atoms with Gasteiger partial charge < -0.3 is 0 Å². The third-order valence-electron chi connectivity index (χ3n) is 3.07. The molecule has 96 valence electrons. The van der Waals surface area contributed by atoms with Crippen LogP contribution < -0.4 is 0 Å². The predicted molar refractivity (Wildman–Crippen MR) is 83.0 cm³/mol. The van der Waals surface area contributed by atoms with Gasteiger partial charge in [0.2, 0.25) is 0 Å². The number of pyridine rings is 1. The zero-order valence-electron chi connectivity index (χ0n) is 11.7. The Hall–Kier alpha value is -2.15. The number of aryl methyl sites for hydroxylation is 3. The van der Waals surface area contributed by atoms with Crippen molar-refractivity contribution in [2.24, 2.45) is 0 Å². The van der Waals surface area contributed by atoms with Gasteiger partial charge in [0, 0.05) is 6.20 Å². The SMILES string of the molecule is Cc1cc(C)c(/C=C/C=C/c2ccccn2)c(C)c1. The number of hydrogen-bond donors (Lipinski definition) is 0. The van der Waals surface area contributed by atoms with Crippen LogP contribution >= 0.6 is 0 Å². The van der Waals surface area contributed by atoms with E-state index < -0.39 is 0 Å². The van der Waals surface area contributed by atoms with E-state index in [-0.39, 0.29) is 0 Å². The molecule has 0 saturated heterocycles. The lowest BCUT2D eigenvalue weighted by Crippen LogP contribution is -1.87. The van der Waals surface area contributed by atoms with E-state index in [1.165, 1.54) is 22.3 Å². The first-order chi connectivity index (χ1) is 9.16. The van der Waals surface area contributed by atoms with Gasteiger partial charge >= 0.3 is 0 Å². The van der Waals surface area contributed by atoms with E-state index in [4.69, 9.17) is 0 Å². The van der Waals surface area contributed by atoms with Crippen molar-refractivity contribution in [2.75, 3.05) is 0 Å². The monoisotopic (exact) mass is 249 g/mol. The van der Waals surface area contributed by atoms with Gasteiger partial charge in [-0.15, -0.1) is 0 Å². The first-order valence-electron chi connectivity index (χ1n) is 6.50. The largest absolute Gasteiger partial charge is 0.257 e. The molecule has 1 heteroatoms. The second-order valence-corrected chi connectivity index (χ2v) is 4.79. The van der Waals surface area contributed by atoms with Crippen molar-refractivity contribution in [3.8, 4) is 0 Å². The molecule has 0 fully saturated rings. The Morgan fingerprint density at radius 3 is 2.21 bits per heavy atom. The van der Waals surface area contributed by atoms with E-state index in [0.717, 1.165) is 5.69 Å². The van der Waals surface area contributed by atoms with Crippen molar-refractivity contribution in [2.45, 2.75) is 20.8 Å². The predicted octanol–water partition coefficient (Wildman–Crippen LogP) is 4.73. The normalized spacial score (nSPS) is 11.5. The molecule has 1 heterocycles. The van der Waals surface area contributed by atoms with Gasteiger partial charge in [-0.05, 0) is 55.7 Å². The minimum atomic E-state index is 0.976. The molecule has 0 aliphatic rings. The number of hydrogen-bond acceptors (Lipinski definition) is 1. The van der Waals surface area contributed by atoms with E-state index in [2.05, 4.69) is 50.0 Å². The molecule has 1 aromatic carbocycles. The van der Waals surface area contributed by atoms with Gasteiger partial charge in [-0.2, -0.15) is 0 Å². The minimum Gasteiger partial charge on any atom is -0.257 e. The Labute approximate surface area is 115 Å². The molecule has 0 saturated carbocycles. The summed E-state index contributed by atoms with van der Waals surface area (Å²) in [5, 5.41) is 0. The average molecular weight is 249 g/mol. The van der Waals surface area contributed by atoms with E-state index in [1.807, 2.05) is 30.4 Å². The molecule has 0 spiro atoms. The second-order valence-electron chi connectivity index (χ2n) is 4.79. The quantitative estimate of drug-likeness (QED) is 0.716. The molecule has 0 aliphatic heterocycles. The number of benzene rings is 1. The third-order valence-corrected chi connectivity index (χ3v) is 3.07. The molecule has 0 unspecified atom stereocenters. The fourth-order valence-corrected chi connectivity index (χ4v) is 2.23. The lowest BCUT2D eigenvalue weighted by Gasteiger charge is -2.06. The van der Waals surface area contributed by atoms with Crippen molar-refractivity contribution in [1.29, 1.82) is 0 Å². The minimum absolute atomic E-state index is 0.976. The van der Waals surface area contributed by atoms with E-state index >= 15 is 0 Å². The molecule has 0 atom stereocenters. The van der Waals surface area contributed by atoms with Gasteiger partial charge in [-0.1, -0.05) is 42.0 Å². The van der Waals surface area contributed by atoms with E-state index in [0.29, 0.717) is 0 Å². The Kier molecular flexibility index (Phi) is 4.30. The van der Waals surface area contributed by atoms with Crippen molar-refractivity contribution in [3.63, 3.8) is 0 Å². The van der Waals surface area contributed by atoms with E-state index in [9.17, 15) is 0 Å². The van der Waals surface area contributed by atoms with Crippen LogP contribution in [0.25, 0.3) is 12.2 Å². The van der Waals surface area contributed by atoms with Crippen molar-refractivity contribution in [1.82, 2.24) is 4.98 Å². The molecular formula is C18H19N. The Morgan fingerprint density at radius 2 is 1.58 bits per heavy atom. The maximum Gasteiger partial charge on any atom is 0.0629 e. The molecule has 2 aromatic rings. The lowest BCUT2D eigenvalue weighted by atomic mass is 9.99. The number of rotatable bonds is 3. The fourth-order valence-electron chi connectivity index (χ4n) is 2.23. The number of allylic oxidation sites excluding steroid dienone is 2. The highest BCUT2D eigenvalue weighted by atomic mass is 14.6. The Morgan fingerprint density at radius 1 is 0.895 bits per heavy atom. The van der Waals surface area contributed by atoms with Crippen LogP contribution in [-0.4, -0.2) is 4.98 Å². The van der Waals surface area contributed by atoms with Gasteiger partial charge in [0.15, 0.2) is 0 Å². The summed E-state index contributed by atoms with van der Waals surface area (Å²) in [5.41, 5.74) is 6.23. The molecule has 0 N–H and O–H groups in total. The molecule has 2 rings (SSSR count). The molecule has 0 radical (unpaired) electrons. The summed E-state index contributed by atoms with van der Waals surface area (Å²) in [5.74, 6) is 0. The highest BCUT2D eigenvalue weighted by Crippen LogP contribution is 2.17. The van der Waals surface area contributed by atoms with E-state index in [1.54, 1.807) is 6.20 Å². The summed E-state index contributed by atoms with van der Waals surface area (Å²) in [6.45, 7) is 6.44. The fraction of sp³-hybridized carbons (Fsp3) is 0.167. The molecule has 0 amide bonds. The summed E-state index contributed by atoms with van der Waals surface area (Å²) >= 11 is 0. The maximum absolute atomic E-state index is 4.25. The van der Waals surface area contributed by atoms with Crippen LogP contribution in [0.15, 0.2) is 48.7 Å². The summed E-state index contributed by atoms with van der Waals surface area (Å²) in [4.78, 5) is 4.25. The topological polar surface area (TPSA) is 12.9 Å². The summed E-state index contributed by atoms with van der Waals surface area (Å²) < 4.78 is 0. The summed E-state index contributed by atoms with van der Waals surface area (Å²) in [6.07, 6.45) is 10.1. The summed E-state index contributed by atoms with van der Waals surface area (Å²) in [6, 6.07) is 10.3. The van der Waals surface area contributed by atoms with Crippen LogP contribution in [0.1, 0.15) is 27.9 Å². The Bertz CT molecular complexity index is 584. The molecule has 0 bridgehead atoms. The van der Waals surface area contributed by atoms with Crippen LogP contribution in [0.4, 0.5) is 0 Å². The Balaban J connectivity index is 2.14. The second kappa shape index (κ2) is 6.14. The van der Waals surface area contributed by atoms with Gasteiger partial charge in [-0.3, -0.25) is 4.98 Å². The van der Waals surface area contributed by atoms with Crippen molar-refractivity contribution < 1.29 is 0 Å². The standard InChI is InChI=1S/C18H19N/c1-14-12-15(2)18(16(3)13-14)10-5-4-8-17-9-6-7-11-19-17/h4-13H,1-3H3/b8-4+,10-5+. The smallest absolute Gasteiger partial charge is 0.0629 e. The maximum atomic E-state index is 4.25. The van der Waals surface area contributed by atoms with Crippen LogP contribution in [-0.2, 0) is 0 Å². The molecule has 0 aliphatic carbocycles. The molecule has 19 heavy (non-hydrogen) atoms. The molecule has 1 aromatic heterocycles. The molecular weight excluding hydrogens is 230 g/mol. The first-order valence-corrected chi connectivity index (χ1v) is 6.50. The zero-order chi connectivity index (χ0) is 13.7. The highest BCUT2D eigenvalue weighted by Gasteiger charge is 1.99. The van der Waals surface area contributed by atoms with Gasteiger partial charge in [0.05, 0.1) is 5.69 Å².